The quantitative estimate of drug-likeness (QED) is 0.209. The fourth-order valence-corrected chi connectivity index (χ4v) is 3.90. The Morgan fingerprint density at radius 1 is 1.03 bits per heavy atom. The number of rotatable bonds is 9. The summed E-state index contributed by atoms with van der Waals surface area (Å²) in [6, 6.07) is 23.3. The average molecular weight is 488 g/mol. The number of carboxylic acid groups (broad SMARTS) is 1. The fourth-order valence-electron chi connectivity index (χ4n) is 3.15. The van der Waals surface area contributed by atoms with Crippen LogP contribution < -0.4 is 10.2 Å². The topological polar surface area (TPSA) is 119 Å². The second-order valence-electron chi connectivity index (χ2n) is 7.21. The number of aromatic carboxylic acids is 1. The van der Waals surface area contributed by atoms with Crippen molar-refractivity contribution in [2.75, 3.05) is 12.9 Å². The summed E-state index contributed by atoms with van der Waals surface area (Å²) in [6.07, 6.45) is 1.45. The van der Waals surface area contributed by atoms with Gasteiger partial charge in [-0.2, -0.15) is 5.10 Å². The van der Waals surface area contributed by atoms with Crippen LogP contribution in [0.25, 0.3) is 17.1 Å². The number of amides is 1. The monoisotopic (exact) mass is 487 g/mol. The molecule has 0 fully saturated rings. The van der Waals surface area contributed by atoms with E-state index in [-0.39, 0.29) is 17.2 Å². The van der Waals surface area contributed by atoms with Crippen molar-refractivity contribution in [2.45, 2.75) is 5.16 Å². The molecule has 35 heavy (non-hydrogen) atoms. The van der Waals surface area contributed by atoms with Gasteiger partial charge in [0.1, 0.15) is 5.75 Å². The highest BCUT2D eigenvalue weighted by Crippen LogP contribution is 2.28. The molecule has 0 atom stereocenters. The van der Waals surface area contributed by atoms with Crippen molar-refractivity contribution >= 4 is 29.9 Å². The van der Waals surface area contributed by atoms with Crippen molar-refractivity contribution in [3.8, 4) is 22.8 Å². The van der Waals surface area contributed by atoms with Crippen molar-refractivity contribution in [2.24, 2.45) is 5.10 Å². The summed E-state index contributed by atoms with van der Waals surface area (Å²) in [5.41, 5.74) is 5.04. The van der Waals surface area contributed by atoms with E-state index in [2.05, 4.69) is 20.7 Å². The van der Waals surface area contributed by atoms with Crippen LogP contribution >= 0.6 is 11.8 Å². The van der Waals surface area contributed by atoms with Crippen molar-refractivity contribution < 1.29 is 19.4 Å². The third kappa shape index (κ3) is 5.92. The third-order valence-electron chi connectivity index (χ3n) is 4.89. The largest absolute Gasteiger partial charge is 0.497 e. The smallest absolute Gasteiger partial charge is 0.335 e. The van der Waals surface area contributed by atoms with Crippen LogP contribution in [0.3, 0.4) is 0 Å². The number of carboxylic acids is 1. The molecule has 4 aromatic rings. The van der Waals surface area contributed by atoms with Gasteiger partial charge < -0.3 is 9.84 Å². The lowest BCUT2D eigenvalue weighted by atomic mass is 10.1. The molecule has 0 saturated carbocycles. The minimum absolute atomic E-state index is 0.0678. The molecule has 176 valence electrons. The van der Waals surface area contributed by atoms with Gasteiger partial charge in [0.15, 0.2) is 11.0 Å². The summed E-state index contributed by atoms with van der Waals surface area (Å²) in [4.78, 5) is 23.3. The second-order valence-corrected chi connectivity index (χ2v) is 8.16. The van der Waals surface area contributed by atoms with Crippen LogP contribution in [0.1, 0.15) is 15.9 Å². The molecule has 1 amide bonds. The summed E-state index contributed by atoms with van der Waals surface area (Å²) in [5.74, 6) is 0.127. The molecule has 0 aliphatic carbocycles. The van der Waals surface area contributed by atoms with E-state index < -0.39 is 5.97 Å². The van der Waals surface area contributed by atoms with E-state index in [9.17, 15) is 9.59 Å². The number of hydrazone groups is 1. The molecule has 0 radical (unpaired) electrons. The molecule has 0 aliphatic rings. The molecule has 0 saturated heterocycles. The molecular formula is C25H21N5O4S. The first-order valence-corrected chi connectivity index (χ1v) is 11.5. The zero-order valence-electron chi connectivity index (χ0n) is 18.7. The number of nitrogens with one attached hydrogen (secondary N) is 1. The number of carbonyl (C=O) groups is 2. The Morgan fingerprint density at radius 3 is 2.40 bits per heavy atom. The Hall–Kier alpha value is -4.44. The first-order valence-electron chi connectivity index (χ1n) is 10.5. The maximum absolute atomic E-state index is 12.4. The SMILES string of the molecule is COc1ccc(-n2c(SCC(=O)N/N=C/c3ccc(C(=O)O)cc3)nnc2-c2ccccc2)cc1. The summed E-state index contributed by atoms with van der Waals surface area (Å²) < 4.78 is 7.15. The summed E-state index contributed by atoms with van der Waals surface area (Å²) in [7, 11) is 1.61. The number of thioether (sulfide) groups is 1. The number of aromatic nitrogens is 3. The van der Waals surface area contributed by atoms with Gasteiger partial charge in [0, 0.05) is 11.3 Å². The van der Waals surface area contributed by atoms with E-state index in [1.165, 1.54) is 30.1 Å². The van der Waals surface area contributed by atoms with E-state index in [1.54, 1.807) is 19.2 Å². The second kappa shape index (κ2) is 11.1. The van der Waals surface area contributed by atoms with Gasteiger partial charge >= 0.3 is 5.97 Å². The van der Waals surface area contributed by atoms with Gasteiger partial charge in [-0.05, 0) is 42.0 Å². The highest BCUT2D eigenvalue weighted by atomic mass is 32.2. The lowest BCUT2D eigenvalue weighted by Gasteiger charge is -2.11. The number of hydrogen-bond donors (Lipinski definition) is 2. The number of nitrogens with zero attached hydrogens (tertiary/aromatic N) is 4. The van der Waals surface area contributed by atoms with Gasteiger partial charge in [0.2, 0.25) is 0 Å². The van der Waals surface area contributed by atoms with Crippen LogP contribution in [0.2, 0.25) is 0 Å². The predicted octanol–water partition coefficient (Wildman–Crippen LogP) is 3.88. The van der Waals surface area contributed by atoms with Crippen LogP contribution in [0.4, 0.5) is 0 Å². The molecule has 4 rings (SSSR count). The summed E-state index contributed by atoms with van der Waals surface area (Å²) in [6.45, 7) is 0. The summed E-state index contributed by atoms with van der Waals surface area (Å²) in [5, 5.41) is 22.1. The van der Waals surface area contributed by atoms with Crippen molar-refractivity contribution in [3.63, 3.8) is 0 Å². The highest BCUT2D eigenvalue weighted by molar-refractivity contribution is 7.99. The van der Waals surface area contributed by atoms with Crippen LogP contribution in [0.5, 0.6) is 5.75 Å². The number of hydrogen-bond acceptors (Lipinski definition) is 7. The van der Waals surface area contributed by atoms with Crippen LogP contribution in [0.15, 0.2) is 89.1 Å². The maximum Gasteiger partial charge on any atom is 0.335 e. The van der Waals surface area contributed by atoms with Gasteiger partial charge in [-0.1, -0.05) is 54.2 Å². The van der Waals surface area contributed by atoms with Gasteiger partial charge in [-0.3, -0.25) is 9.36 Å². The maximum atomic E-state index is 12.4. The van der Waals surface area contributed by atoms with Crippen LogP contribution in [0, 0.1) is 0 Å². The summed E-state index contributed by atoms with van der Waals surface area (Å²) >= 11 is 1.23. The Bertz CT molecular complexity index is 1340. The third-order valence-corrected chi connectivity index (χ3v) is 5.82. The zero-order valence-corrected chi connectivity index (χ0v) is 19.5. The molecule has 0 bridgehead atoms. The molecule has 1 heterocycles. The Balaban J connectivity index is 1.47. The molecule has 2 N–H and O–H groups in total. The number of methoxy groups -OCH3 is 1. The average Bonchev–Trinajstić information content (AvgIpc) is 3.32. The standard InChI is InChI=1S/C25H21N5O4S/c1-34-21-13-11-20(12-14-21)30-23(18-5-3-2-4-6-18)28-29-25(30)35-16-22(31)27-26-15-17-7-9-19(10-8-17)24(32)33/h2-15H,16H2,1H3,(H,27,31)(H,32,33)/b26-15+. The van der Waals surface area contributed by atoms with Crippen LogP contribution in [-0.2, 0) is 4.79 Å². The molecule has 3 aromatic carbocycles. The normalized spacial score (nSPS) is 10.9. The Morgan fingerprint density at radius 2 is 1.74 bits per heavy atom. The van der Waals surface area contributed by atoms with E-state index in [0.29, 0.717) is 16.5 Å². The van der Waals surface area contributed by atoms with Crippen molar-refractivity contribution in [1.29, 1.82) is 0 Å². The molecule has 0 spiro atoms. The highest BCUT2D eigenvalue weighted by Gasteiger charge is 2.17. The van der Waals surface area contributed by atoms with Crippen molar-refractivity contribution in [3.05, 3.63) is 90.0 Å². The first kappa shape index (κ1) is 23.7. The van der Waals surface area contributed by atoms with E-state index in [1.807, 2.05) is 59.2 Å². The van der Waals surface area contributed by atoms with E-state index in [0.717, 1.165) is 17.0 Å². The molecule has 9 nitrogen and oxygen atoms in total. The molecule has 0 aliphatic heterocycles. The van der Waals surface area contributed by atoms with Gasteiger partial charge in [0.05, 0.1) is 24.6 Å². The van der Waals surface area contributed by atoms with E-state index in [4.69, 9.17) is 9.84 Å². The number of benzene rings is 3. The van der Waals surface area contributed by atoms with E-state index >= 15 is 0 Å². The van der Waals surface area contributed by atoms with Gasteiger partial charge in [-0.25, -0.2) is 10.2 Å². The number of ether oxygens (including phenoxy) is 1. The minimum atomic E-state index is -1.00. The number of carbonyl (C=O) groups excluding carboxylic acids is 1. The zero-order chi connectivity index (χ0) is 24.6. The van der Waals surface area contributed by atoms with Gasteiger partial charge in [-0.15, -0.1) is 10.2 Å². The Kier molecular flexibility index (Phi) is 7.53. The molecular weight excluding hydrogens is 466 g/mol. The van der Waals surface area contributed by atoms with Gasteiger partial charge in [0.25, 0.3) is 5.91 Å². The fraction of sp³-hybridized carbons (Fsp3) is 0.0800. The minimum Gasteiger partial charge on any atom is -0.497 e. The molecule has 0 unspecified atom stereocenters. The molecule has 1 aromatic heterocycles. The Labute approximate surface area is 205 Å². The lowest BCUT2D eigenvalue weighted by molar-refractivity contribution is -0.118. The first-order chi connectivity index (χ1) is 17.0. The van der Waals surface area contributed by atoms with Crippen molar-refractivity contribution in [1.82, 2.24) is 20.2 Å². The molecule has 10 heteroatoms. The van der Waals surface area contributed by atoms with Crippen LogP contribution in [-0.4, -0.2) is 50.8 Å². The predicted molar refractivity (Wildman–Crippen MR) is 133 cm³/mol. The lowest BCUT2D eigenvalue weighted by Crippen LogP contribution is -2.20.